The minimum absolute atomic E-state index is 0.163. The summed E-state index contributed by atoms with van der Waals surface area (Å²) in [6, 6.07) is 0. The van der Waals surface area contributed by atoms with Gasteiger partial charge in [0.2, 0.25) is 0 Å². The highest BCUT2D eigenvalue weighted by Gasteiger charge is 2.29. The van der Waals surface area contributed by atoms with Crippen molar-refractivity contribution in [2.24, 2.45) is 0 Å². The predicted octanol–water partition coefficient (Wildman–Crippen LogP) is 2.22. The molecule has 0 aliphatic carbocycles. The number of nitrogens with zero attached hydrogens (tertiary/aromatic N) is 1. The van der Waals surface area contributed by atoms with Crippen LogP contribution in [0.4, 0.5) is 17.6 Å². The lowest BCUT2D eigenvalue weighted by Crippen LogP contribution is -2.07. The normalized spacial score (nSPS) is 12.1. The van der Waals surface area contributed by atoms with Gasteiger partial charge in [-0.1, -0.05) is 0 Å². The van der Waals surface area contributed by atoms with Gasteiger partial charge in [0.05, 0.1) is 11.8 Å². The Labute approximate surface area is 86.1 Å². The van der Waals surface area contributed by atoms with Gasteiger partial charge < -0.3 is 0 Å². The van der Waals surface area contributed by atoms with Crippen LogP contribution in [-0.4, -0.2) is 13.4 Å². The third kappa shape index (κ3) is 2.37. The fourth-order valence-corrected chi connectivity index (χ4v) is 1.84. The van der Waals surface area contributed by atoms with Gasteiger partial charge in [0.25, 0.3) is 15.5 Å². The van der Waals surface area contributed by atoms with Crippen molar-refractivity contribution in [2.45, 2.75) is 11.5 Å². The van der Waals surface area contributed by atoms with Crippen molar-refractivity contribution in [2.75, 3.05) is 0 Å². The van der Waals surface area contributed by atoms with E-state index >= 15 is 0 Å². The number of alkyl halides is 2. The number of rotatable bonds is 2. The summed E-state index contributed by atoms with van der Waals surface area (Å²) < 4.78 is 71.2. The zero-order valence-corrected chi connectivity index (χ0v) is 8.29. The Morgan fingerprint density at radius 3 is 2.27 bits per heavy atom. The molecule has 9 heteroatoms. The summed E-state index contributed by atoms with van der Waals surface area (Å²) in [7, 11) is 0.0761. The first-order chi connectivity index (χ1) is 6.75. The van der Waals surface area contributed by atoms with Gasteiger partial charge in [-0.3, -0.25) is 0 Å². The first-order valence-electron chi connectivity index (χ1n) is 3.32. The highest BCUT2D eigenvalue weighted by Crippen LogP contribution is 2.30. The lowest BCUT2D eigenvalue weighted by atomic mass is 10.3. The van der Waals surface area contributed by atoms with E-state index in [1.807, 2.05) is 0 Å². The van der Waals surface area contributed by atoms with Crippen LogP contribution in [0.25, 0.3) is 0 Å². The molecule has 0 saturated carbocycles. The summed E-state index contributed by atoms with van der Waals surface area (Å²) >= 11 is 0. The standard InChI is InChI=1S/C6H2ClF4NO2S/c7-15(13,14)6-3(5(10)11)4(9)2(8)1-12-6/h1,5H. The average Bonchev–Trinajstić information content (AvgIpc) is 2.06. The third-order valence-corrected chi connectivity index (χ3v) is 2.65. The van der Waals surface area contributed by atoms with E-state index < -0.39 is 37.7 Å². The van der Waals surface area contributed by atoms with Crippen molar-refractivity contribution < 1.29 is 26.0 Å². The maximum atomic E-state index is 12.8. The number of pyridine rings is 1. The largest absolute Gasteiger partial charge is 0.279 e. The van der Waals surface area contributed by atoms with E-state index in [9.17, 15) is 26.0 Å². The van der Waals surface area contributed by atoms with Crippen LogP contribution >= 0.6 is 10.7 Å². The van der Waals surface area contributed by atoms with Crippen LogP contribution in [0.1, 0.15) is 12.0 Å². The first kappa shape index (κ1) is 12.2. The molecule has 1 heterocycles. The number of aromatic nitrogens is 1. The van der Waals surface area contributed by atoms with Crippen LogP contribution in [0.2, 0.25) is 0 Å². The smallest absolute Gasteiger partial charge is 0.240 e. The highest BCUT2D eigenvalue weighted by atomic mass is 35.7. The van der Waals surface area contributed by atoms with E-state index in [0.29, 0.717) is 0 Å². The topological polar surface area (TPSA) is 47.0 Å². The molecular formula is C6H2ClF4NO2S. The molecule has 1 rings (SSSR count). The van der Waals surface area contributed by atoms with E-state index in [1.54, 1.807) is 0 Å². The summed E-state index contributed by atoms with van der Waals surface area (Å²) in [6.07, 6.45) is -3.37. The maximum Gasteiger partial charge on any atom is 0.279 e. The Kier molecular flexibility index (Phi) is 3.19. The van der Waals surface area contributed by atoms with E-state index in [4.69, 9.17) is 10.7 Å². The van der Waals surface area contributed by atoms with Gasteiger partial charge in [-0.15, -0.1) is 0 Å². The Morgan fingerprint density at radius 2 is 1.87 bits per heavy atom. The van der Waals surface area contributed by atoms with E-state index in [2.05, 4.69) is 4.98 Å². The van der Waals surface area contributed by atoms with Gasteiger partial charge in [-0.2, -0.15) is 0 Å². The zero-order valence-electron chi connectivity index (χ0n) is 6.72. The molecule has 0 bridgehead atoms. The summed E-state index contributed by atoms with van der Waals surface area (Å²) in [5, 5.41) is -1.38. The van der Waals surface area contributed by atoms with Crippen molar-refractivity contribution in [3.63, 3.8) is 0 Å². The van der Waals surface area contributed by atoms with Crippen molar-refractivity contribution >= 4 is 19.7 Å². The molecule has 0 saturated heterocycles. The van der Waals surface area contributed by atoms with Gasteiger partial charge in [0.1, 0.15) is 0 Å². The van der Waals surface area contributed by atoms with Gasteiger partial charge in [-0.25, -0.2) is 31.0 Å². The molecule has 1 aromatic heterocycles. The third-order valence-electron chi connectivity index (χ3n) is 1.42. The molecule has 0 aliphatic heterocycles. The monoisotopic (exact) mass is 263 g/mol. The summed E-state index contributed by atoms with van der Waals surface area (Å²) in [4.78, 5) is 2.82. The van der Waals surface area contributed by atoms with Gasteiger partial charge in [0, 0.05) is 10.7 Å². The summed E-state index contributed by atoms with van der Waals surface area (Å²) in [6.45, 7) is 0. The second kappa shape index (κ2) is 3.93. The summed E-state index contributed by atoms with van der Waals surface area (Å²) in [5.74, 6) is -3.64. The van der Waals surface area contributed by atoms with Crippen LogP contribution in [0.15, 0.2) is 11.2 Å². The zero-order chi connectivity index (χ0) is 11.8. The molecule has 0 N–H and O–H groups in total. The predicted molar refractivity (Wildman–Crippen MR) is 42.1 cm³/mol. The molecule has 3 nitrogen and oxygen atoms in total. The molecule has 0 aromatic carbocycles. The average molecular weight is 264 g/mol. The molecule has 0 spiro atoms. The van der Waals surface area contributed by atoms with Gasteiger partial charge in [0.15, 0.2) is 16.7 Å². The second-order valence-corrected chi connectivity index (χ2v) is 4.86. The van der Waals surface area contributed by atoms with E-state index in [1.165, 1.54) is 0 Å². The van der Waals surface area contributed by atoms with Crippen LogP contribution in [0, 0.1) is 11.6 Å². The number of hydrogen-bond donors (Lipinski definition) is 0. The number of halogens is 5. The molecule has 0 aliphatic rings. The molecule has 0 radical (unpaired) electrons. The molecule has 84 valence electrons. The van der Waals surface area contributed by atoms with Gasteiger partial charge in [-0.05, 0) is 0 Å². The Hall–Kier alpha value is -0.890. The molecule has 0 atom stereocenters. The fourth-order valence-electron chi connectivity index (χ4n) is 0.847. The molecule has 0 fully saturated rings. The highest BCUT2D eigenvalue weighted by molar-refractivity contribution is 8.13. The first-order valence-corrected chi connectivity index (χ1v) is 5.62. The Morgan fingerprint density at radius 1 is 1.33 bits per heavy atom. The Balaban J connectivity index is 3.62. The van der Waals surface area contributed by atoms with Crippen LogP contribution < -0.4 is 0 Å². The van der Waals surface area contributed by atoms with Crippen LogP contribution in [0.5, 0.6) is 0 Å². The quantitative estimate of drug-likeness (QED) is 0.607. The molecule has 0 amide bonds. The lowest BCUT2D eigenvalue weighted by Gasteiger charge is -2.06. The second-order valence-electron chi connectivity index (χ2n) is 2.38. The summed E-state index contributed by atoms with van der Waals surface area (Å²) in [5.41, 5.74) is -1.66. The van der Waals surface area contributed by atoms with Crippen LogP contribution in [-0.2, 0) is 9.05 Å². The molecule has 0 unspecified atom stereocenters. The lowest BCUT2D eigenvalue weighted by molar-refractivity contribution is 0.140. The van der Waals surface area contributed by atoms with E-state index in [0.717, 1.165) is 0 Å². The SMILES string of the molecule is O=S(=O)(Cl)c1ncc(F)c(F)c1C(F)F. The number of hydrogen-bond acceptors (Lipinski definition) is 3. The molecule has 1 aromatic rings. The van der Waals surface area contributed by atoms with Crippen molar-refractivity contribution in [1.29, 1.82) is 0 Å². The molecular weight excluding hydrogens is 262 g/mol. The van der Waals surface area contributed by atoms with Crippen molar-refractivity contribution in [3.05, 3.63) is 23.4 Å². The minimum Gasteiger partial charge on any atom is -0.240 e. The van der Waals surface area contributed by atoms with Gasteiger partial charge >= 0.3 is 0 Å². The maximum absolute atomic E-state index is 12.8. The molecule has 15 heavy (non-hydrogen) atoms. The van der Waals surface area contributed by atoms with E-state index in [-0.39, 0.29) is 6.20 Å². The Bertz CT molecular complexity index is 490. The minimum atomic E-state index is -4.64. The van der Waals surface area contributed by atoms with Crippen molar-refractivity contribution in [3.8, 4) is 0 Å². The fraction of sp³-hybridized carbons (Fsp3) is 0.167. The van der Waals surface area contributed by atoms with Crippen molar-refractivity contribution in [1.82, 2.24) is 4.98 Å². The van der Waals surface area contributed by atoms with Crippen LogP contribution in [0.3, 0.4) is 0 Å².